The van der Waals surface area contributed by atoms with Crippen molar-refractivity contribution in [3.8, 4) is 0 Å². The van der Waals surface area contributed by atoms with Gasteiger partial charge >= 0.3 is 22.6 Å². The predicted molar refractivity (Wildman–Crippen MR) is 91.0 cm³/mol. The van der Waals surface area contributed by atoms with Crippen LogP contribution in [0.15, 0.2) is 71.2 Å². The van der Waals surface area contributed by atoms with E-state index in [1.54, 1.807) is 0 Å². The molecule has 4 nitrogen and oxygen atoms in total. The van der Waals surface area contributed by atoms with Crippen LogP contribution in [0.4, 0.5) is 13.2 Å². The smallest absolute Gasteiger partial charge is 0.741 e. The van der Waals surface area contributed by atoms with Crippen LogP contribution in [0.3, 0.4) is 0 Å². The average Bonchev–Trinajstić information content (AvgIpc) is 3.25. The van der Waals surface area contributed by atoms with Crippen molar-refractivity contribution in [2.75, 3.05) is 0 Å². The second kappa shape index (κ2) is 9.75. The van der Waals surface area contributed by atoms with Crippen LogP contribution in [0.1, 0.15) is 6.42 Å². The summed E-state index contributed by atoms with van der Waals surface area (Å²) >= 11 is 0. The van der Waals surface area contributed by atoms with Gasteiger partial charge < -0.3 is 8.97 Å². The molecule has 0 radical (unpaired) electrons. The summed E-state index contributed by atoms with van der Waals surface area (Å²) in [7, 11) is -6.09. The topological polar surface area (TPSA) is 70.3 Å². The number of halogens is 3. The zero-order valence-corrected chi connectivity index (χ0v) is 15.5. The normalized spacial score (nSPS) is 12.7. The molecule has 4 rings (SSSR count). The number of hydrogen-bond donors (Lipinski definition) is 0. The van der Waals surface area contributed by atoms with E-state index in [-0.39, 0.29) is 17.1 Å². The Balaban J connectivity index is 0.000000225. The van der Waals surface area contributed by atoms with E-state index in [9.17, 15) is 13.2 Å². The maximum absolute atomic E-state index is 10.7. The van der Waals surface area contributed by atoms with Crippen LogP contribution in [0.2, 0.25) is 0 Å². The van der Waals surface area contributed by atoms with E-state index in [0.717, 1.165) is 17.6 Å². The maximum atomic E-state index is 10.7. The van der Waals surface area contributed by atoms with Gasteiger partial charge in [0.15, 0.2) is 10.1 Å². The van der Waals surface area contributed by atoms with Gasteiger partial charge in [-0.05, 0) is 12.1 Å². The third-order valence-corrected chi connectivity index (χ3v) is 3.72. The Bertz CT molecular complexity index is 977. The predicted octanol–water partition coefficient (Wildman–Crippen LogP) is 4.94. The second-order valence-corrected chi connectivity index (χ2v) is 6.37. The number of rotatable bonds is 0. The molecule has 1 aliphatic carbocycles. The summed E-state index contributed by atoms with van der Waals surface area (Å²) in [6.45, 7) is 0. The molecule has 0 aliphatic heterocycles. The zero-order chi connectivity index (χ0) is 19.2. The van der Waals surface area contributed by atoms with E-state index < -0.39 is 15.6 Å². The van der Waals surface area contributed by atoms with Gasteiger partial charge in [0.05, 0.1) is 0 Å². The van der Waals surface area contributed by atoms with Crippen LogP contribution < -0.4 is 0 Å². The average molecular weight is 438 g/mol. The van der Waals surface area contributed by atoms with Crippen molar-refractivity contribution in [3.05, 3.63) is 72.8 Å². The van der Waals surface area contributed by atoms with Crippen molar-refractivity contribution >= 4 is 32.1 Å². The van der Waals surface area contributed by atoms with Gasteiger partial charge in [0, 0.05) is 10.8 Å². The van der Waals surface area contributed by atoms with E-state index in [1.165, 1.54) is 10.8 Å². The Morgan fingerprint density at radius 1 is 0.963 bits per heavy atom. The van der Waals surface area contributed by atoms with Crippen molar-refractivity contribution in [1.82, 2.24) is 0 Å². The largest absolute Gasteiger partial charge is 2.00 e. The molecule has 0 spiro atoms. The van der Waals surface area contributed by atoms with Gasteiger partial charge in [-0.1, -0.05) is 36.4 Å². The van der Waals surface area contributed by atoms with E-state index >= 15 is 0 Å². The summed E-state index contributed by atoms with van der Waals surface area (Å²) < 4.78 is 64.6. The van der Waals surface area contributed by atoms with E-state index in [2.05, 4.69) is 24.3 Å². The SMILES string of the molecule is O=S(=O)([O-])C(F)(F)F.[C-]1=CC=CC1.[Fe+2].c1ccc2c(c1)oc1ccccc12. The monoisotopic (exact) mass is 438 g/mol. The quantitative estimate of drug-likeness (QED) is 0.216. The zero-order valence-electron chi connectivity index (χ0n) is 13.6. The molecule has 2 aromatic carbocycles. The molecular formula is C18H13F3FeO4S. The Labute approximate surface area is 164 Å². The fourth-order valence-corrected chi connectivity index (χ4v) is 2.01. The molecule has 1 aromatic heterocycles. The number of benzene rings is 2. The summed E-state index contributed by atoms with van der Waals surface area (Å²) in [4.78, 5) is 0. The fraction of sp³-hybridized carbons (Fsp3) is 0.111. The molecule has 0 fully saturated rings. The number of para-hydroxylation sites is 2. The van der Waals surface area contributed by atoms with Crippen molar-refractivity contribution in [1.29, 1.82) is 0 Å². The van der Waals surface area contributed by atoms with Gasteiger partial charge in [-0.3, -0.25) is 6.08 Å². The minimum Gasteiger partial charge on any atom is -0.741 e. The van der Waals surface area contributed by atoms with Crippen molar-refractivity contribution in [2.24, 2.45) is 0 Å². The molecular weight excluding hydrogens is 425 g/mol. The van der Waals surface area contributed by atoms with E-state index in [0.29, 0.717) is 0 Å². The summed E-state index contributed by atoms with van der Waals surface area (Å²) in [5.74, 6) is 0. The van der Waals surface area contributed by atoms with Crippen molar-refractivity contribution < 1.29 is 47.6 Å². The molecule has 0 unspecified atom stereocenters. The van der Waals surface area contributed by atoms with Gasteiger partial charge in [0.1, 0.15) is 11.2 Å². The summed E-state index contributed by atoms with van der Waals surface area (Å²) in [6, 6.07) is 16.2. The first kappa shape index (κ1) is 23.0. The van der Waals surface area contributed by atoms with Gasteiger partial charge in [-0.2, -0.15) is 19.2 Å². The maximum Gasteiger partial charge on any atom is 2.00 e. The van der Waals surface area contributed by atoms with Gasteiger partial charge in [-0.15, -0.1) is 6.42 Å². The number of hydrogen-bond acceptors (Lipinski definition) is 4. The van der Waals surface area contributed by atoms with E-state index in [4.69, 9.17) is 17.4 Å². The molecule has 0 saturated carbocycles. The molecule has 27 heavy (non-hydrogen) atoms. The van der Waals surface area contributed by atoms with Gasteiger partial charge in [-0.25, -0.2) is 20.6 Å². The van der Waals surface area contributed by atoms with Crippen LogP contribution >= 0.6 is 0 Å². The molecule has 1 heterocycles. The third-order valence-electron chi connectivity index (χ3n) is 3.15. The molecule has 9 heteroatoms. The molecule has 0 atom stereocenters. The van der Waals surface area contributed by atoms with Crippen LogP contribution in [0.25, 0.3) is 21.9 Å². The molecule has 1 aliphatic rings. The minimum absolute atomic E-state index is 0. The molecule has 0 amide bonds. The summed E-state index contributed by atoms with van der Waals surface area (Å²) in [6.07, 6.45) is 10.0. The van der Waals surface area contributed by atoms with Crippen LogP contribution in [-0.4, -0.2) is 18.5 Å². The molecule has 0 N–H and O–H groups in total. The van der Waals surface area contributed by atoms with Gasteiger partial charge in [0.25, 0.3) is 0 Å². The number of alkyl halides is 3. The number of fused-ring (bicyclic) bond motifs is 3. The van der Waals surface area contributed by atoms with Gasteiger partial charge in [0.2, 0.25) is 0 Å². The Hall–Kier alpha value is -2.06. The molecule has 0 bridgehead atoms. The first-order valence-corrected chi connectivity index (χ1v) is 8.71. The third kappa shape index (κ3) is 6.55. The van der Waals surface area contributed by atoms with E-state index in [1.807, 2.05) is 48.6 Å². The fourth-order valence-electron chi connectivity index (χ4n) is 2.01. The molecule has 0 saturated heterocycles. The molecule has 144 valence electrons. The first-order valence-electron chi connectivity index (χ1n) is 7.30. The van der Waals surface area contributed by atoms with Crippen molar-refractivity contribution in [3.63, 3.8) is 0 Å². The Morgan fingerprint density at radius 3 is 1.70 bits per heavy atom. The standard InChI is InChI=1S/C12H8O.C5H5.CHF3O3S.Fe/c1-3-7-11-9(5-1)10-6-2-4-8-12(10)13-11;1-2-4-5-3-1;2-1(3,4)8(5,6)7;/h1-8H;1-3H,4H2;(H,5,6,7);/q;-1;;+2/p-1. The summed E-state index contributed by atoms with van der Waals surface area (Å²) in [5, 5.41) is 2.39. The van der Waals surface area contributed by atoms with Crippen molar-refractivity contribution in [2.45, 2.75) is 11.9 Å². The number of allylic oxidation sites excluding steroid dienone is 4. The minimum atomic E-state index is -6.09. The summed E-state index contributed by atoms with van der Waals surface area (Å²) in [5.41, 5.74) is -3.72. The van der Waals surface area contributed by atoms with Crippen LogP contribution in [0.5, 0.6) is 0 Å². The second-order valence-electron chi connectivity index (χ2n) is 5.00. The van der Waals surface area contributed by atoms with Crippen LogP contribution in [0, 0.1) is 6.08 Å². The molecule has 3 aromatic rings. The Kier molecular flexibility index (Phi) is 8.30. The number of furan rings is 1. The Morgan fingerprint density at radius 2 is 1.41 bits per heavy atom. The van der Waals surface area contributed by atoms with Crippen LogP contribution in [-0.2, 0) is 27.2 Å². The first-order chi connectivity index (χ1) is 12.2.